The van der Waals surface area contributed by atoms with E-state index in [1.807, 2.05) is 30.3 Å². The van der Waals surface area contributed by atoms with Gasteiger partial charge in [0, 0.05) is 21.9 Å². The molecular weight excluding hydrogens is 270 g/mol. The Morgan fingerprint density at radius 1 is 1.20 bits per heavy atom. The number of nitrogens with one attached hydrogen (secondary N) is 1. The van der Waals surface area contributed by atoms with Crippen LogP contribution in [0.25, 0.3) is 0 Å². The molecule has 2 aromatic rings. The van der Waals surface area contributed by atoms with E-state index in [-0.39, 0.29) is 5.91 Å². The van der Waals surface area contributed by atoms with E-state index in [4.69, 9.17) is 11.6 Å². The first-order chi connectivity index (χ1) is 9.60. The van der Waals surface area contributed by atoms with Gasteiger partial charge in [-0.3, -0.25) is 10.2 Å². The first kappa shape index (κ1) is 14.4. The number of carbonyl (C=O) groups excluding carboxylic acids is 1. The van der Waals surface area contributed by atoms with Crippen LogP contribution < -0.4 is 17.0 Å². The molecule has 0 fully saturated rings. The maximum absolute atomic E-state index is 11.3. The fourth-order valence-electron chi connectivity index (χ4n) is 1.77. The minimum absolute atomic E-state index is 0.282. The fraction of sp³-hybridized carbons (Fsp3) is 0.133. The number of thioether (sulfide) groups is 1. The van der Waals surface area contributed by atoms with Crippen LogP contribution in [0.3, 0.4) is 0 Å². The lowest BCUT2D eigenvalue weighted by Gasteiger charge is -2.07. The van der Waals surface area contributed by atoms with Crippen molar-refractivity contribution in [2.45, 2.75) is 17.6 Å². The SMILES string of the molecule is Cc1ccc(N)cc1SCc1ccc(C(=O)NN)cc1. The Hall–Kier alpha value is -1.98. The number of nitrogen functional groups attached to an aromatic ring is 2. The van der Waals surface area contributed by atoms with Gasteiger partial charge in [0.15, 0.2) is 0 Å². The van der Waals surface area contributed by atoms with Crippen molar-refractivity contribution >= 4 is 23.4 Å². The van der Waals surface area contributed by atoms with Crippen molar-refractivity contribution in [2.24, 2.45) is 5.84 Å². The smallest absolute Gasteiger partial charge is 0.265 e. The van der Waals surface area contributed by atoms with Gasteiger partial charge in [-0.05, 0) is 42.3 Å². The molecule has 0 heterocycles. The summed E-state index contributed by atoms with van der Waals surface area (Å²) in [7, 11) is 0. The largest absolute Gasteiger partial charge is 0.399 e. The zero-order valence-electron chi connectivity index (χ0n) is 11.2. The molecule has 0 saturated carbocycles. The number of amides is 1. The number of benzene rings is 2. The topological polar surface area (TPSA) is 81.1 Å². The van der Waals surface area contributed by atoms with Crippen molar-refractivity contribution < 1.29 is 4.79 Å². The van der Waals surface area contributed by atoms with E-state index in [0.29, 0.717) is 5.56 Å². The third-order valence-electron chi connectivity index (χ3n) is 2.95. The van der Waals surface area contributed by atoms with E-state index in [1.54, 1.807) is 23.9 Å². The van der Waals surface area contributed by atoms with Crippen LogP contribution in [0.1, 0.15) is 21.5 Å². The van der Waals surface area contributed by atoms with Gasteiger partial charge in [0.1, 0.15) is 0 Å². The maximum atomic E-state index is 11.3. The molecule has 0 aromatic heterocycles. The van der Waals surface area contributed by atoms with Gasteiger partial charge in [-0.2, -0.15) is 0 Å². The van der Waals surface area contributed by atoms with Crippen LogP contribution in [-0.2, 0) is 5.75 Å². The number of hydrogen-bond donors (Lipinski definition) is 3. The first-order valence-corrected chi connectivity index (χ1v) is 7.17. The Kier molecular flexibility index (Phi) is 4.65. The van der Waals surface area contributed by atoms with Crippen LogP contribution in [0.5, 0.6) is 0 Å². The highest BCUT2D eigenvalue weighted by atomic mass is 32.2. The van der Waals surface area contributed by atoms with Crippen molar-refractivity contribution in [2.75, 3.05) is 5.73 Å². The van der Waals surface area contributed by atoms with Crippen molar-refractivity contribution in [1.82, 2.24) is 5.43 Å². The molecule has 2 aromatic carbocycles. The summed E-state index contributed by atoms with van der Waals surface area (Å²) in [4.78, 5) is 12.5. The lowest BCUT2D eigenvalue weighted by Crippen LogP contribution is -2.29. The molecule has 2 rings (SSSR count). The monoisotopic (exact) mass is 287 g/mol. The molecule has 5 N–H and O–H groups in total. The molecule has 5 heteroatoms. The van der Waals surface area contributed by atoms with Crippen LogP contribution in [-0.4, -0.2) is 5.91 Å². The second-order valence-electron chi connectivity index (χ2n) is 4.48. The van der Waals surface area contributed by atoms with E-state index in [2.05, 4.69) is 12.3 Å². The van der Waals surface area contributed by atoms with Crippen molar-refractivity contribution in [3.05, 3.63) is 59.2 Å². The van der Waals surface area contributed by atoms with Crippen LogP contribution in [0.4, 0.5) is 5.69 Å². The highest BCUT2D eigenvalue weighted by Crippen LogP contribution is 2.27. The van der Waals surface area contributed by atoms with Gasteiger partial charge in [0.2, 0.25) is 0 Å². The average Bonchev–Trinajstić information content (AvgIpc) is 2.48. The number of nitrogens with two attached hydrogens (primary N) is 2. The molecule has 0 saturated heterocycles. The van der Waals surface area contributed by atoms with Crippen molar-refractivity contribution in [3.8, 4) is 0 Å². The summed E-state index contributed by atoms with van der Waals surface area (Å²) in [6, 6.07) is 13.3. The number of rotatable bonds is 4. The standard InChI is InChI=1S/C15H17N3OS/c1-10-2-7-13(16)8-14(10)20-9-11-3-5-12(6-4-11)15(19)18-17/h2-8H,9,16-17H2,1H3,(H,18,19). The van der Waals surface area contributed by atoms with E-state index in [0.717, 1.165) is 17.0 Å². The van der Waals surface area contributed by atoms with Crippen molar-refractivity contribution in [1.29, 1.82) is 0 Å². The molecule has 4 nitrogen and oxygen atoms in total. The lowest BCUT2D eigenvalue weighted by atomic mass is 10.1. The number of aryl methyl sites for hydroxylation is 1. The van der Waals surface area contributed by atoms with E-state index >= 15 is 0 Å². The fourth-order valence-corrected chi connectivity index (χ4v) is 2.80. The van der Waals surface area contributed by atoms with Crippen LogP contribution >= 0.6 is 11.8 Å². The van der Waals surface area contributed by atoms with Gasteiger partial charge >= 0.3 is 0 Å². The first-order valence-electron chi connectivity index (χ1n) is 6.19. The van der Waals surface area contributed by atoms with E-state index in [9.17, 15) is 4.79 Å². The van der Waals surface area contributed by atoms with Crippen LogP contribution in [0.2, 0.25) is 0 Å². The Morgan fingerprint density at radius 2 is 1.90 bits per heavy atom. The third kappa shape index (κ3) is 3.53. The second kappa shape index (κ2) is 6.45. The van der Waals surface area contributed by atoms with E-state index in [1.165, 1.54) is 10.5 Å². The van der Waals surface area contributed by atoms with Gasteiger partial charge in [0.05, 0.1) is 0 Å². The molecule has 0 atom stereocenters. The summed E-state index contributed by atoms with van der Waals surface area (Å²) in [6.45, 7) is 2.07. The van der Waals surface area contributed by atoms with Gasteiger partial charge in [-0.1, -0.05) is 18.2 Å². The number of hydrogen-bond acceptors (Lipinski definition) is 4. The quantitative estimate of drug-likeness (QED) is 0.265. The minimum Gasteiger partial charge on any atom is -0.399 e. The molecule has 1 amide bonds. The molecule has 0 unspecified atom stereocenters. The molecule has 0 spiro atoms. The normalized spacial score (nSPS) is 10.3. The summed E-state index contributed by atoms with van der Waals surface area (Å²) in [5, 5.41) is 0. The Labute approximate surface area is 122 Å². The molecule has 0 aliphatic heterocycles. The van der Waals surface area contributed by atoms with Crippen molar-refractivity contribution in [3.63, 3.8) is 0 Å². The Morgan fingerprint density at radius 3 is 2.55 bits per heavy atom. The zero-order valence-corrected chi connectivity index (χ0v) is 12.0. The predicted molar refractivity (Wildman–Crippen MR) is 83.2 cm³/mol. The molecule has 0 bridgehead atoms. The number of hydrazine groups is 1. The molecular formula is C15H17N3OS. The summed E-state index contributed by atoms with van der Waals surface area (Å²) in [6.07, 6.45) is 0. The van der Waals surface area contributed by atoms with Gasteiger partial charge in [0.25, 0.3) is 5.91 Å². The molecule has 0 radical (unpaired) electrons. The van der Waals surface area contributed by atoms with E-state index < -0.39 is 0 Å². The third-order valence-corrected chi connectivity index (χ3v) is 4.18. The molecule has 104 valence electrons. The number of anilines is 1. The lowest BCUT2D eigenvalue weighted by molar-refractivity contribution is 0.0953. The highest BCUT2D eigenvalue weighted by Gasteiger charge is 2.04. The Bertz CT molecular complexity index is 611. The van der Waals surface area contributed by atoms with Crippen LogP contribution in [0, 0.1) is 6.92 Å². The molecule has 0 aliphatic rings. The van der Waals surface area contributed by atoms with Gasteiger partial charge < -0.3 is 5.73 Å². The van der Waals surface area contributed by atoms with Crippen LogP contribution in [0.15, 0.2) is 47.4 Å². The van der Waals surface area contributed by atoms with Gasteiger partial charge in [-0.25, -0.2) is 5.84 Å². The second-order valence-corrected chi connectivity index (χ2v) is 5.50. The summed E-state index contributed by atoms with van der Waals surface area (Å²) in [5.41, 5.74) is 11.6. The summed E-state index contributed by atoms with van der Waals surface area (Å²) in [5.74, 6) is 5.64. The highest BCUT2D eigenvalue weighted by molar-refractivity contribution is 7.98. The maximum Gasteiger partial charge on any atom is 0.265 e. The molecule has 0 aliphatic carbocycles. The zero-order chi connectivity index (χ0) is 14.5. The summed E-state index contributed by atoms with van der Waals surface area (Å²) < 4.78 is 0. The average molecular weight is 287 g/mol. The predicted octanol–water partition coefficient (Wildman–Crippen LogP) is 2.47. The minimum atomic E-state index is -0.282. The molecule has 20 heavy (non-hydrogen) atoms. The Balaban J connectivity index is 2.04. The van der Waals surface area contributed by atoms with Gasteiger partial charge in [-0.15, -0.1) is 11.8 Å². The number of carbonyl (C=O) groups is 1. The summed E-state index contributed by atoms with van der Waals surface area (Å²) >= 11 is 1.73.